The summed E-state index contributed by atoms with van der Waals surface area (Å²) in [5.74, 6) is 0. The molecule has 0 bridgehead atoms. The number of sulfonamides is 1. The van der Waals surface area contributed by atoms with Crippen LogP contribution in [0.15, 0.2) is 28.7 Å². The molecule has 1 aromatic rings. The number of halogens is 1. The van der Waals surface area contributed by atoms with Crippen LogP contribution in [0.5, 0.6) is 0 Å². The molecule has 2 unspecified atom stereocenters. The van der Waals surface area contributed by atoms with Crippen LogP contribution in [0.3, 0.4) is 0 Å². The van der Waals surface area contributed by atoms with E-state index in [1.165, 1.54) is 0 Å². The Labute approximate surface area is 117 Å². The minimum absolute atomic E-state index is 0.234. The van der Waals surface area contributed by atoms with Crippen LogP contribution in [0.1, 0.15) is 25.5 Å². The van der Waals surface area contributed by atoms with Crippen LogP contribution in [0, 0.1) is 0 Å². The van der Waals surface area contributed by atoms with Crippen molar-refractivity contribution < 1.29 is 8.42 Å². The van der Waals surface area contributed by atoms with E-state index in [0.717, 1.165) is 10.0 Å². The van der Waals surface area contributed by atoms with Crippen molar-refractivity contribution in [1.82, 2.24) is 10.0 Å². The minimum Gasteiger partial charge on any atom is -0.318 e. The predicted molar refractivity (Wildman–Crippen MR) is 78.0 cm³/mol. The molecule has 0 radical (unpaired) electrons. The van der Waals surface area contributed by atoms with E-state index in [4.69, 9.17) is 0 Å². The van der Waals surface area contributed by atoms with Gasteiger partial charge < -0.3 is 5.32 Å². The number of hydrogen-bond acceptors (Lipinski definition) is 3. The molecular formula is C12H19BrN2O2S. The van der Waals surface area contributed by atoms with Gasteiger partial charge in [0.05, 0.1) is 5.25 Å². The second kappa shape index (κ2) is 6.65. The highest BCUT2D eigenvalue weighted by molar-refractivity contribution is 9.10. The Morgan fingerprint density at radius 2 is 1.78 bits per heavy atom. The fraction of sp³-hybridized carbons (Fsp3) is 0.500. The third-order valence-corrected chi connectivity index (χ3v) is 5.17. The van der Waals surface area contributed by atoms with Crippen molar-refractivity contribution in [3.8, 4) is 0 Å². The van der Waals surface area contributed by atoms with Gasteiger partial charge >= 0.3 is 0 Å². The number of benzene rings is 1. The normalized spacial score (nSPS) is 15.3. The Balaban J connectivity index is 2.75. The highest BCUT2D eigenvalue weighted by Crippen LogP contribution is 2.17. The molecule has 0 saturated heterocycles. The van der Waals surface area contributed by atoms with E-state index < -0.39 is 15.3 Å². The lowest BCUT2D eigenvalue weighted by Gasteiger charge is -2.18. The van der Waals surface area contributed by atoms with Gasteiger partial charge in [-0.15, -0.1) is 0 Å². The first-order chi connectivity index (χ1) is 8.36. The van der Waals surface area contributed by atoms with Crippen LogP contribution in [-0.4, -0.2) is 27.3 Å². The van der Waals surface area contributed by atoms with Crippen molar-refractivity contribution in [1.29, 1.82) is 0 Å². The summed E-state index contributed by atoms with van der Waals surface area (Å²) in [6, 6.07) is 7.37. The van der Waals surface area contributed by atoms with Crippen LogP contribution in [0.4, 0.5) is 0 Å². The van der Waals surface area contributed by atoms with E-state index in [0.29, 0.717) is 6.54 Å². The van der Waals surface area contributed by atoms with Gasteiger partial charge in [0.1, 0.15) is 0 Å². The second-order valence-corrected chi connectivity index (χ2v) is 7.35. The van der Waals surface area contributed by atoms with Gasteiger partial charge in [-0.05, 0) is 38.6 Å². The molecule has 0 spiro atoms. The standard InChI is InChI=1S/C12H19BrN2O2S/c1-9(8-14-3)18(16,17)15-10(2)11-4-6-12(13)7-5-11/h4-7,9-10,14-15H,8H2,1-3H3. The van der Waals surface area contributed by atoms with E-state index >= 15 is 0 Å². The van der Waals surface area contributed by atoms with Crippen molar-refractivity contribution in [3.63, 3.8) is 0 Å². The van der Waals surface area contributed by atoms with Crippen LogP contribution in [0.2, 0.25) is 0 Å². The zero-order valence-corrected chi connectivity index (χ0v) is 13.2. The summed E-state index contributed by atoms with van der Waals surface area (Å²) in [6.45, 7) is 3.96. The quantitative estimate of drug-likeness (QED) is 0.836. The average Bonchev–Trinajstić information content (AvgIpc) is 2.29. The summed E-state index contributed by atoms with van der Waals surface area (Å²) in [5, 5.41) is 2.41. The molecule has 0 saturated carbocycles. The van der Waals surface area contributed by atoms with E-state index in [2.05, 4.69) is 26.0 Å². The molecule has 1 aromatic carbocycles. The van der Waals surface area contributed by atoms with Crippen molar-refractivity contribution in [2.75, 3.05) is 13.6 Å². The second-order valence-electron chi connectivity index (χ2n) is 4.30. The molecule has 1 rings (SSSR count). The van der Waals surface area contributed by atoms with Crippen LogP contribution < -0.4 is 10.0 Å². The summed E-state index contributed by atoms with van der Waals surface area (Å²) in [5.41, 5.74) is 0.943. The Morgan fingerprint density at radius 3 is 2.28 bits per heavy atom. The maximum atomic E-state index is 12.0. The lowest BCUT2D eigenvalue weighted by atomic mass is 10.1. The monoisotopic (exact) mass is 334 g/mol. The molecular weight excluding hydrogens is 316 g/mol. The number of rotatable bonds is 6. The molecule has 0 heterocycles. The zero-order valence-electron chi connectivity index (χ0n) is 10.8. The van der Waals surface area contributed by atoms with Crippen molar-refractivity contribution in [2.24, 2.45) is 0 Å². The van der Waals surface area contributed by atoms with Gasteiger partial charge in [0.25, 0.3) is 0 Å². The molecule has 0 aliphatic rings. The average molecular weight is 335 g/mol. The molecule has 2 atom stereocenters. The van der Waals surface area contributed by atoms with Gasteiger partial charge in [-0.25, -0.2) is 13.1 Å². The Morgan fingerprint density at radius 1 is 1.22 bits per heavy atom. The van der Waals surface area contributed by atoms with E-state index in [1.807, 2.05) is 31.2 Å². The van der Waals surface area contributed by atoms with E-state index in [-0.39, 0.29) is 6.04 Å². The third-order valence-electron chi connectivity index (χ3n) is 2.73. The van der Waals surface area contributed by atoms with Crippen LogP contribution in [-0.2, 0) is 10.0 Å². The number of hydrogen-bond donors (Lipinski definition) is 2. The van der Waals surface area contributed by atoms with Gasteiger partial charge in [-0.1, -0.05) is 28.1 Å². The molecule has 0 aromatic heterocycles. The van der Waals surface area contributed by atoms with E-state index in [1.54, 1.807) is 14.0 Å². The number of nitrogens with one attached hydrogen (secondary N) is 2. The summed E-state index contributed by atoms with van der Waals surface area (Å²) in [6.07, 6.45) is 0. The Hall–Kier alpha value is -0.430. The molecule has 18 heavy (non-hydrogen) atoms. The minimum atomic E-state index is -3.30. The lowest BCUT2D eigenvalue weighted by Crippen LogP contribution is -2.39. The third kappa shape index (κ3) is 4.35. The summed E-state index contributed by atoms with van der Waals surface area (Å²) in [4.78, 5) is 0. The molecule has 2 N–H and O–H groups in total. The molecule has 4 nitrogen and oxygen atoms in total. The SMILES string of the molecule is CNCC(C)S(=O)(=O)NC(C)c1ccc(Br)cc1. The van der Waals surface area contributed by atoms with Gasteiger partial charge in [-0.3, -0.25) is 0 Å². The van der Waals surface area contributed by atoms with Crippen molar-refractivity contribution >= 4 is 26.0 Å². The molecule has 0 amide bonds. The zero-order chi connectivity index (χ0) is 13.8. The smallest absolute Gasteiger partial charge is 0.216 e. The first-order valence-corrected chi connectivity index (χ1v) is 8.12. The van der Waals surface area contributed by atoms with Crippen molar-refractivity contribution in [3.05, 3.63) is 34.3 Å². The summed E-state index contributed by atoms with van der Waals surface area (Å²) < 4.78 is 27.7. The van der Waals surface area contributed by atoms with Gasteiger partial charge in [0.2, 0.25) is 10.0 Å². The van der Waals surface area contributed by atoms with Crippen LogP contribution >= 0.6 is 15.9 Å². The summed E-state index contributed by atoms with van der Waals surface area (Å²) >= 11 is 3.35. The molecule has 0 aliphatic carbocycles. The maximum absolute atomic E-state index is 12.0. The maximum Gasteiger partial charge on any atom is 0.216 e. The Bertz CT molecular complexity index is 473. The summed E-state index contributed by atoms with van der Waals surface area (Å²) in [7, 11) is -1.56. The first-order valence-electron chi connectivity index (χ1n) is 5.78. The Kier molecular flexibility index (Phi) is 5.78. The van der Waals surface area contributed by atoms with E-state index in [9.17, 15) is 8.42 Å². The molecule has 0 fully saturated rings. The van der Waals surface area contributed by atoms with Crippen molar-refractivity contribution in [2.45, 2.75) is 25.1 Å². The highest BCUT2D eigenvalue weighted by Gasteiger charge is 2.22. The predicted octanol–water partition coefficient (Wildman–Crippen LogP) is 2.04. The van der Waals surface area contributed by atoms with Gasteiger partial charge in [-0.2, -0.15) is 0 Å². The first kappa shape index (κ1) is 15.6. The van der Waals surface area contributed by atoms with Crippen LogP contribution in [0.25, 0.3) is 0 Å². The fourth-order valence-corrected chi connectivity index (χ4v) is 3.09. The molecule has 0 aliphatic heterocycles. The largest absolute Gasteiger partial charge is 0.318 e. The molecule has 102 valence electrons. The highest BCUT2D eigenvalue weighted by atomic mass is 79.9. The van der Waals surface area contributed by atoms with Gasteiger partial charge in [0.15, 0.2) is 0 Å². The van der Waals surface area contributed by atoms with Gasteiger partial charge in [0, 0.05) is 17.1 Å². The topological polar surface area (TPSA) is 58.2 Å². The lowest BCUT2D eigenvalue weighted by molar-refractivity contribution is 0.550. The molecule has 6 heteroatoms. The fourth-order valence-electron chi connectivity index (χ4n) is 1.58.